The van der Waals surface area contributed by atoms with Gasteiger partial charge in [0.25, 0.3) is 5.91 Å². The zero-order valence-corrected chi connectivity index (χ0v) is 18.7. The molecule has 1 aromatic carbocycles. The number of hydrogen-bond donors (Lipinski definition) is 0. The summed E-state index contributed by atoms with van der Waals surface area (Å²) in [6.45, 7) is 7.05. The molecule has 6 nitrogen and oxygen atoms in total. The molecule has 2 fully saturated rings. The molecule has 0 N–H and O–H groups in total. The van der Waals surface area contributed by atoms with E-state index >= 15 is 0 Å². The molecule has 0 unspecified atom stereocenters. The van der Waals surface area contributed by atoms with Gasteiger partial charge in [-0.1, -0.05) is 29.4 Å². The average molecular weight is 424 g/mol. The van der Waals surface area contributed by atoms with Gasteiger partial charge in [0, 0.05) is 32.6 Å². The number of likely N-dealkylation sites (tertiary alicyclic amines) is 2. The Hall–Kier alpha value is -2.63. The van der Waals surface area contributed by atoms with Crippen LogP contribution in [0.2, 0.25) is 0 Å². The second-order valence-corrected chi connectivity index (χ2v) is 9.04. The summed E-state index contributed by atoms with van der Waals surface area (Å²) in [5.74, 6) is 1.53. The number of carbonyl (C=O) groups is 2. The van der Waals surface area contributed by atoms with Crippen molar-refractivity contribution < 1.29 is 14.1 Å². The highest BCUT2D eigenvalue weighted by Crippen LogP contribution is 2.25. The summed E-state index contributed by atoms with van der Waals surface area (Å²) in [6.07, 6.45) is 6.79. The summed E-state index contributed by atoms with van der Waals surface area (Å²) in [4.78, 5) is 29.0. The van der Waals surface area contributed by atoms with Gasteiger partial charge in [-0.15, -0.1) is 0 Å². The summed E-state index contributed by atoms with van der Waals surface area (Å²) < 4.78 is 5.15. The van der Waals surface area contributed by atoms with Gasteiger partial charge in [-0.25, -0.2) is 0 Å². The Morgan fingerprint density at radius 1 is 0.968 bits per heavy atom. The van der Waals surface area contributed by atoms with Crippen LogP contribution in [0.25, 0.3) is 0 Å². The van der Waals surface area contributed by atoms with Crippen LogP contribution in [0.1, 0.15) is 65.0 Å². The Bertz CT molecular complexity index is 885. The molecule has 166 valence electrons. The van der Waals surface area contributed by atoms with Gasteiger partial charge in [-0.3, -0.25) is 9.59 Å². The SMILES string of the molecule is Cc1noc(C)c1C(=O)N1CCC(Cc2ccc(CCC(=O)N3CCCC3)cc2)CC1. The fourth-order valence-corrected chi connectivity index (χ4v) is 4.84. The average Bonchev–Trinajstić information content (AvgIpc) is 3.43. The van der Waals surface area contributed by atoms with Crippen LogP contribution in [0.3, 0.4) is 0 Å². The van der Waals surface area contributed by atoms with E-state index in [1.807, 2.05) is 16.7 Å². The topological polar surface area (TPSA) is 66.7 Å². The molecular formula is C25H33N3O3. The van der Waals surface area contributed by atoms with Gasteiger partial charge in [-0.05, 0) is 69.4 Å². The van der Waals surface area contributed by atoms with Crippen molar-refractivity contribution in [3.63, 3.8) is 0 Å². The third kappa shape index (κ3) is 5.17. The molecule has 6 heteroatoms. The lowest BCUT2D eigenvalue weighted by Gasteiger charge is -2.32. The highest BCUT2D eigenvalue weighted by Gasteiger charge is 2.27. The first-order valence-corrected chi connectivity index (χ1v) is 11.6. The number of piperidine rings is 1. The minimum Gasteiger partial charge on any atom is -0.361 e. The third-order valence-corrected chi connectivity index (χ3v) is 6.78. The molecule has 2 saturated heterocycles. The monoisotopic (exact) mass is 423 g/mol. The first kappa shape index (κ1) is 21.6. The van der Waals surface area contributed by atoms with Crippen LogP contribution in [0, 0.1) is 19.8 Å². The predicted molar refractivity (Wildman–Crippen MR) is 119 cm³/mol. The highest BCUT2D eigenvalue weighted by atomic mass is 16.5. The maximum absolute atomic E-state index is 12.8. The van der Waals surface area contributed by atoms with E-state index in [0.29, 0.717) is 35.3 Å². The molecule has 2 aliphatic heterocycles. The van der Waals surface area contributed by atoms with Crippen molar-refractivity contribution in [3.05, 3.63) is 52.4 Å². The number of rotatable bonds is 6. The van der Waals surface area contributed by atoms with E-state index in [1.54, 1.807) is 6.92 Å². The first-order chi connectivity index (χ1) is 15.0. The van der Waals surface area contributed by atoms with Gasteiger partial charge >= 0.3 is 0 Å². The molecule has 0 bridgehead atoms. The van der Waals surface area contributed by atoms with Crippen LogP contribution in [0.4, 0.5) is 0 Å². The quantitative estimate of drug-likeness (QED) is 0.706. The first-order valence-electron chi connectivity index (χ1n) is 11.6. The summed E-state index contributed by atoms with van der Waals surface area (Å²) in [6, 6.07) is 8.75. The van der Waals surface area contributed by atoms with Crippen LogP contribution in [-0.2, 0) is 17.6 Å². The van der Waals surface area contributed by atoms with E-state index in [4.69, 9.17) is 4.52 Å². The number of aryl methyl sites for hydroxylation is 3. The maximum atomic E-state index is 12.8. The molecule has 2 aromatic rings. The summed E-state index contributed by atoms with van der Waals surface area (Å²) in [7, 11) is 0. The largest absolute Gasteiger partial charge is 0.361 e. The van der Waals surface area contributed by atoms with Crippen molar-refractivity contribution in [2.45, 2.75) is 58.8 Å². The Morgan fingerprint density at radius 2 is 1.61 bits per heavy atom. The maximum Gasteiger partial charge on any atom is 0.259 e. The van der Waals surface area contributed by atoms with Crippen molar-refractivity contribution >= 4 is 11.8 Å². The smallest absolute Gasteiger partial charge is 0.259 e. The molecule has 0 atom stereocenters. The predicted octanol–water partition coefficient (Wildman–Crippen LogP) is 3.94. The summed E-state index contributed by atoms with van der Waals surface area (Å²) in [5, 5.41) is 3.91. The lowest BCUT2D eigenvalue weighted by molar-refractivity contribution is -0.130. The van der Waals surface area contributed by atoms with E-state index in [9.17, 15) is 9.59 Å². The van der Waals surface area contributed by atoms with Gasteiger partial charge in [0.2, 0.25) is 5.91 Å². The Labute approximate surface area is 184 Å². The molecule has 1 aromatic heterocycles. The van der Waals surface area contributed by atoms with Gasteiger partial charge < -0.3 is 14.3 Å². The minimum absolute atomic E-state index is 0.0440. The normalized spacial score (nSPS) is 17.4. The van der Waals surface area contributed by atoms with Crippen LogP contribution < -0.4 is 0 Å². The fraction of sp³-hybridized carbons (Fsp3) is 0.560. The summed E-state index contributed by atoms with van der Waals surface area (Å²) in [5.41, 5.74) is 3.87. The minimum atomic E-state index is 0.0440. The molecule has 3 heterocycles. The lowest BCUT2D eigenvalue weighted by atomic mass is 9.89. The lowest BCUT2D eigenvalue weighted by Crippen LogP contribution is -2.39. The number of hydrogen-bond acceptors (Lipinski definition) is 4. The number of aromatic nitrogens is 1. The number of nitrogens with zero attached hydrogens (tertiary/aromatic N) is 3. The zero-order valence-electron chi connectivity index (χ0n) is 18.7. The standard InChI is InChI=1S/C25H33N3O3/c1-18-24(19(2)31-26-18)25(30)28-15-11-22(12-16-28)17-21-7-5-20(6-8-21)9-10-23(29)27-13-3-4-14-27/h5-8,22H,3-4,9-17H2,1-2H3. The summed E-state index contributed by atoms with van der Waals surface area (Å²) >= 11 is 0. The van der Waals surface area contributed by atoms with Crippen LogP contribution in [0.5, 0.6) is 0 Å². The van der Waals surface area contributed by atoms with E-state index < -0.39 is 0 Å². The van der Waals surface area contributed by atoms with Gasteiger partial charge in [0.1, 0.15) is 11.3 Å². The van der Waals surface area contributed by atoms with Crippen LogP contribution in [0.15, 0.2) is 28.8 Å². The Kier molecular flexibility index (Phi) is 6.73. The van der Waals surface area contributed by atoms with Crippen molar-refractivity contribution in [3.8, 4) is 0 Å². The van der Waals surface area contributed by atoms with Crippen molar-refractivity contribution in [2.24, 2.45) is 5.92 Å². The second kappa shape index (κ2) is 9.67. The molecule has 2 amide bonds. The Morgan fingerprint density at radius 3 is 2.23 bits per heavy atom. The van der Waals surface area contributed by atoms with Gasteiger partial charge in [0.15, 0.2) is 0 Å². The molecular weight excluding hydrogens is 390 g/mol. The van der Waals surface area contributed by atoms with Crippen LogP contribution in [-0.4, -0.2) is 52.9 Å². The number of amides is 2. The van der Waals surface area contributed by atoms with Crippen molar-refractivity contribution in [1.82, 2.24) is 15.0 Å². The highest BCUT2D eigenvalue weighted by molar-refractivity contribution is 5.96. The van der Waals surface area contributed by atoms with E-state index in [0.717, 1.165) is 64.7 Å². The second-order valence-electron chi connectivity index (χ2n) is 9.04. The molecule has 31 heavy (non-hydrogen) atoms. The molecule has 0 spiro atoms. The van der Waals surface area contributed by atoms with Crippen LogP contribution >= 0.6 is 0 Å². The molecule has 4 rings (SSSR count). The van der Waals surface area contributed by atoms with E-state index in [-0.39, 0.29) is 5.91 Å². The molecule has 2 aliphatic rings. The number of benzene rings is 1. The van der Waals surface area contributed by atoms with E-state index in [2.05, 4.69) is 29.4 Å². The van der Waals surface area contributed by atoms with Gasteiger partial charge in [0.05, 0.1) is 5.69 Å². The third-order valence-electron chi connectivity index (χ3n) is 6.78. The molecule has 0 radical (unpaired) electrons. The van der Waals surface area contributed by atoms with Crippen molar-refractivity contribution in [2.75, 3.05) is 26.2 Å². The van der Waals surface area contributed by atoms with E-state index in [1.165, 1.54) is 11.1 Å². The molecule has 0 aliphatic carbocycles. The fourth-order valence-electron chi connectivity index (χ4n) is 4.84. The number of carbonyl (C=O) groups excluding carboxylic acids is 2. The van der Waals surface area contributed by atoms with Crippen molar-refractivity contribution in [1.29, 1.82) is 0 Å². The zero-order chi connectivity index (χ0) is 21.8. The van der Waals surface area contributed by atoms with Gasteiger partial charge in [-0.2, -0.15) is 0 Å². The molecule has 0 saturated carbocycles. The Balaban J connectivity index is 1.23.